The fraction of sp³-hybridized carbons (Fsp3) is 0.250. The molecule has 6 heteroatoms. The Morgan fingerprint density at radius 2 is 2.17 bits per heavy atom. The molecule has 96 valence electrons. The summed E-state index contributed by atoms with van der Waals surface area (Å²) in [5.74, 6) is 0.825. The maximum atomic E-state index is 11.3. The molecule has 0 radical (unpaired) electrons. The second kappa shape index (κ2) is 5.73. The number of hydrogen-bond donors (Lipinski definition) is 0. The zero-order valence-corrected chi connectivity index (χ0v) is 12.4. The van der Waals surface area contributed by atoms with Crippen LogP contribution < -0.4 is 14.4 Å². The van der Waals surface area contributed by atoms with Crippen molar-refractivity contribution in [3.8, 4) is 5.75 Å². The van der Waals surface area contributed by atoms with Gasteiger partial charge in [0.25, 0.3) is 4.74 Å². The highest BCUT2D eigenvalue weighted by Crippen LogP contribution is 2.31. The van der Waals surface area contributed by atoms with Crippen molar-refractivity contribution in [1.82, 2.24) is 0 Å². The maximum Gasteiger partial charge on any atom is 0.263 e. The molecule has 3 nitrogen and oxygen atoms in total. The van der Waals surface area contributed by atoms with E-state index in [1.54, 1.807) is 7.11 Å². The molecule has 0 N–H and O–H groups in total. The van der Waals surface area contributed by atoms with Gasteiger partial charge in [-0.25, -0.2) is 0 Å². The summed E-state index contributed by atoms with van der Waals surface area (Å²) < 4.78 is 5.11. The summed E-state index contributed by atoms with van der Waals surface area (Å²) in [5, 5.41) is 1.13. The van der Waals surface area contributed by atoms with Crippen LogP contribution in [-0.4, -0.2) is 14.2 Å². The number of ether oxygens (including phenoxy) is 1. The predicted molar refractivity (Wildman–Crippen MR) is 78.6 cm³/mol. The summed E-state index contributed by atoms with van der Waals surface area (Å²) in [5.41, 5.74) is 1.11. The van der Waals surface area contributed by atoms with Crippen molar-refractivity contribution in [2.24, 2.45) is 0 Å². The Balaban J connectivity index is 2.18. The summed E-state index contributed by atoms with van der Waals surface area (Å²) in [7, 11) is 6.13. The SMILES string of the molecule is COc1cccc(CN(C)c2ssc(=O)c2Cl)c1. The number of benzene rings is 1. The van der Waals surface area contributed by atoms with Crippen molar-refractivity contribution in [1.29, 1.82) is 0 Å². The number of methoxy groups -OCH3 is 1. The minimum absolute atomic E-state index is 0.0749. The first-order valence-electron chi connectivity index (χ1n) is 5.24. The molecule has 1 aromatic heterocycles. The van der Waals surface area contributed by atoms with Crippen LogP contribution in [0.1, 0.15) is 5.56 Å². The molecular formula is C12H12ClNO2S2. The molecule has 2 rings (SSSR count). The minimum Gasteiger partial charge on any atom is -0.497 e. The van der Waals surface area contributed by atoms with Gasteiger partial charge in [0.05, 0.1) is 7.11 Å². The largest absolute Gasteiger partial charge is 0.497 e. The standard InChI is InChI=1S/C12H12ClNO2S2/c1-14(11-10(13)12(15)18-17-11)7-8-4-3-5-9(6-8)16-2/h3-6H,7H2,1-2H3. The topological polar surface area (TPSA) is 29.5 Å². The average molecular weight is 302 g/mol. The highest BCUT2D eigenvalue weighted by Gasteiger charge is 2.13. The molecule has 0 unspecified atom stereocenters. The molecule has 0 aliphatic heterocycles. The monoisotopic (exact) mass is 301 g/mol. The lowest BCUT2D eigenvalue weighted by Gasteiger charge is -2.17. The van der Waals surface area contributed by atoms with Crippen molar-refractivity contribution < 1.29 is 4.74 Å². The molecule has 0 spiro atoms. The molecule has 2 aromatic rings. The third kappa shape index (κ3) is 2.85. The van der Waals surface area contributed by atoms with Gasteiger partial charge in [-0.05, 0) is 28.0 Å². The van der Waals surface area contributed by atoms with Gasteiger partial charge in [-0.1, -0.05) is 34.1 Å². The maximum absolute atomic E-state index is 11.3. The van der Waals surface area contributed by atoms with Gasteiger partial charge in [-0.2, -0.15) is 0 Å². The highest BCUT2D eigenvalue weighted by molar-refractivity contribution is 7.70. The summed E-state index contributed by atoms with van der Waals surface area (Å²) in [6.07, 6.45) is 0. The summed E-state index contributed by atoms with van der Waals surface area (Å²) >= 11 is 5.97. The van der Waals surface area contributed by atoms with Crippen molar-refractivity contribution in [2.45, 2.75) is 6.54 Å². The van der Waals surface area contributed by atoms with E-state index in [1.165, 1.54) is 20.7 Å². The van der Waals surface area contributed by atoms with Crippen molar-refractivity contribution in [2.75, 3.05) is 19.1 Å². The molecule has 0 atom stereocenters. The second-order valence-electron chi connectivity index (χ2n) is 3.78. The third-order valence-electron chi connectivity index (χ3n) is 2.46. The molecule has 0 saturated carbocycles. The third-order valence-corrected chi connectivity index (χ3v) is 5.33. The lowest BCUT2D eigenvalue weighted by molar-refractivity contribution is 0.414. The molecule has 1 heterocycles. The number of nitrogens with zero attached hydrogens (tertiary/aromatic N) is 1. The number of halogens is 1. The van der Waals surface area contributed by atoms with E-state index in [2.05, 4.69) is 0 Å². The molecule has 1 aromatic carbocycles. The molecule has 0 aliphatic carbocycles. The summed E-state index contributed by atoms with van der Waals surface area (Å²) in [4.78, 5) is 13.3. The first-order chi connectivity index (χ1) is 8.61. The van der Waals surface area contributed by atoms with Gasteiger partial charge in [0.1, 0.15) is 15.8 Å². The van der Waals surface area contributed by atoms with Crippen LogP contribution in [0.2, 0.25) is 5.02 Å². The quantitative estimate of drug-likeness (QED) is 0.810. The van der Waals surface area contributed by atoms with Crippen LogP contribution >= 0.6 is 32.3 Å². The van der Waals surface area contributed by atoms with Crippen molar-refractivity contribution in [3.05, 3.63) is 44.4 Å². The average Bonchev–Trinajstić information content (AvgIpc) is 2.70. The Hall–Kier alpha value is -1.04. The Labute approximate surface area is 118 Å². The zero-order chi connectivity index (χ0) is 13.1. The van der Waals surface area contributed by atoms with E-state index < -0.39 is 0 Å². The second-order valence-corrected chi connectivity index (χ2v) is 6.25. The summed E-state index contributed by atoms with van der Waals surface area (Å²) in [6.45, 7) is 0.684. The van der Waals surface area contributed by atoms with E-state index in [-0.39, 0.29) is 4.74 Å². The van der Waals surface area contributed by atoms with Gasteiger partial charge < -0.3 is 9.64 Å². The van der Waals surface area contributed by atoms with E-state index in [4.69, 9.17) is 16.3 Å². The zero-order valence-electron chi connectivity index (χ0n) is 9.97. The van der Waals surface area contributed by atoms with Crippen LogP contribution in [0.15, 0.2) is 29.1 Å². The highest BCUT2D eigenvalue weighted by atomic mass is 35.5. The fourth-order valence-corrected chi connectivity index (χ4v) is 4.33. The number of anilines is 1. The fourth-order valence-electron chi connectivity index (χ4n) is 1.59. The lowest BCUT2D eigenvalue weighted by atomic mass is 10.2. The van der Waals surface area contributed by atoms with Gasteiger partial charge in [0.2, 0.25) is 0 Å². The number of hydrogen-bond acceptors (Lipinski definition) is 5. The van der Waals surface area contributed by atoms with Crippen molar-refractivity contribution >= 4 is 37.3 Å². The molecule has 0 fully saturated rings. The Kier molecular flexibility index (Phi) is 4.27. The Bertz CT molecular complexity index is 594. The molecule has 0 saturated heterocycles. The Morgan fingerprint density at radius 3 is 2.78 bits per heavy atom. The molecule has 0 aliphatic rings. The molecule has 0 bridgehead atoms. The van der Waals surface area contributed by atoms with E-state index in [0.29, 0.717) is 11.6 Å². The van der Waals surface area contributed by atoms with Crippen LogP contribution in [0.3, 0.4) is 0 Å². The molecule has 18 heavy (non-hydrogen) atoms. The van der Waals surface area contributed by atoms with Crippen LogP contribution in [-0.2, 0) is 6.54 Å². The van der Waals surface area contributed by atoms with Crippen LogP contribution in [0.5, 0.6) is 5.75 Å². The smallest absolute Gasteiger partial charge is 0.263 e. The van der Waals surface area contributed by atoms with E-state index in [1.807, 2.05) is 36.2 Å². The van der Waals surface area contributed by atoms with Crippen LogP contribution in [0.4, 0.5) is 5.00 Å². The van der Waals surface area contributed by atoms with Crippen LogP contribution in [0, 0.1) is 0 Å². The van der Waals surface area contributed by atoms with Gasteiger partial charge in [-0.3, -0.25) is 4.79 Å². The predicted octanol–water partition coefficient (Wildman–Crippen LogP) is 3.47. The molecule has 0 amide bonds. The lowest BCUT2D eigenvalue weighted by Crippen LogP contribution is -2.16. The van der Waals surface area contributed by atoms with Gasteiger partial charge in [-0.15, -0.1) is 0 Å². The van der Waals surface area contributed by atoms with E-state index in [0.717, 1.165) is 16.3 Å². The van der Waals surface area contributed by atoms with E-state index >= 15 is 0 Å². The first kappa shape index (κ1) is 13.4. The van der Waals surface area contributed by atoms with Gasteiger partial charge in [0, 0.05) is 13.6 Å². The van der Waals surface area contributed by atoms with Crippen molar-refractivity contribution in [3.63, 3.8) is 0 Å². The van der Waals surface area contributed by atoms with Gasteiger partial charge in [0.15, 0.2) is 0 Å². The number of rotatable bonds is 4. The first-order valence-corrected chi connectivity index (χ1v) is 7.77. The van der Waals surface area contributed by atoms with Gasteiger partial charge >= 0.3 is 0 Å². The normalized spacial score (nSPS) is 10.4. The minimum atomic E-state index is -0.0749. The Morgan fingerprint density at radius 1 is 1.39 bits per heavy atom. The van der Waals surface area contributed by atoms with E-state index in [9.17, 15) is 4.79 Å². The van der Waals surface area contributed by atoms with Crippen LogP contribution in [0.25, 0.3) is 0 Å². The molecular weight excluding hydrogens is 290 g/mol. The summed E-state index contributed by atoms with van der Waals surface area (Å²) in [6, 6.07) is 7.83.